The number of rotatable bonds is 5. The van der Waals surface area contributed by atoms with E-state index >= 15 is 0 Å². The van der Waals surface area contributed by atoms with Crippen LogP contribution in [0.1, 0.15) is 23.3 Å². The van der Waals surface area contributed by atoms with E-state index in [9.17, 15) is 9.59 Å². The summed E-state index contributed by atoms with van der Waals surface area (Å²) in [6.07, 6.45) is 6.45. The maximum absolute atomic E-state index is 13.1. The van der Waals surface area contributed by atoms with E-state index in [1.54, 1.807) is 48.7 Å². The quantitative estimate of drug-likeness (QED) is 0.652. The van der Waals surface area contributed by atoms with E-state index in [0.717, 1.165) is 5.69 Å². The van der Waals surface area contributed by atoms with Crippen LogP contribution >= 0.6 is 11.6 Å². The summed E-state index contributed by atoms with van der Waals surface area (Å²) in [7, 11) is 1.55. The standard InChI is InChI=1S/C23H23ClN4O3/c1-31-21-7-6-17(24)14-19(21)26-22(29)16-8-12-27(13-9-16)23(30)20-5-3-11-28(20)18-4-2-10-25-15-18/h2-7,10-11,14-16H,8-9,12-13H2,1H3,(H,26,29). The van der Waals surface area contributed by atoms with Crippen LogP contribution in [0.15, 0.2) is 61.1 Å². The lowest BCUT2D eigenvalue weighted by Gasteiger charge is -2.31. The fourth-order valence-corrected chi connectivity index (χ4v) is 3.97. The number of carbonyl (C=O) groups is 2. The van der Waals surface area contributed by atoms with Gasteiger partial charge in [0.1, 0.15) is 11.4 Å². The first-order valence-corrected chi connectivity index (χ1v) is 10.5. The van der Waals surface area contributed by atoms with Gasteiger partial charge in [-0.1, -0.05) is 11.6 Å². The molecule has 1 fully saturated rings. The van der Waals surface area contributed by atoms with Crippen molar-refractivity contribution in [3.8, 4) is 11.4 Å². The molecule has 1 aliphatic heterocycles. The number of benzene rings is 1. The molecular formula is C23H23ClN4O3. The molecule has 0 unspecified atom stereocenters. The van der Waals surface area contributed by atoms with Crippen molar-refractivity contribution < 1.29 is 14.3 Å². The van der Waals surface area contributed by atoms with Crippen LogP contribution < -0.4 is 10.1 Å². The molecule has 0 atom stereocenters. The SMILES string of the molecule is COc1ccc(Cl)cc1NC(=O)C1CCN(C(=O)c2cccn2-c2cccnc2)CC1. The molecule has 2 aromatic heterocycles. The number of ether oxygens (including phenoxy) is 1. The molecule has 3 aromatic rings. The maximum atomic E-state index is 13.1. The average molecular weight is 439 g/mol. The van der Waals surface area contributed by atoms with Crippen molar-refractivity contribution in [1.82, 2.24) is 14.5 Å². The number of carbonyl (C=O) groups excluding carboxylic acids is 2. The van der Waals surface area contributed by atoms with E-state index in [4.69, 9.17) is 16.3 Å². The van der Waals surface area contributed by atoms with Crippen molar-refractivity contribution in [1.29, 1.82) is 0 Å². The fourth-order valence-electron chi connectivity index (χ4n) is 3.80. The van der Waals surface area contributed by atoms with Crippen molar-refractivity contribution in [2.75, 3.05) is 25.5 Å². The predicted octanol–water partition coefficient (Wildman–Crippen LogP) is 4.03. The minimum Gasteiger partial charge on any atom is -0.495 e. The first-order chi connectivity index (χ1) is 15.1. The Morgan fingerprint density at radius 3 is 2.68 bits per heavy atom. The van der Waals surface area contributed by atoms with Gasteiger partial charge >= 0.3 is 0 Å². The first-order valence-electron chi connectivity index (χ1n) is 10.1. The molecule has 2 amide bonds. The van der Waals surface area contributed by atoms with Crippen LogP contribution in [0.5, 0.6) is 5.75 Å². The van der Waals surface area contributed by atoms with Crippen LogP contribution in [-0.2, 0) is 4.79 Å². The molecule has 160 valence electrons. The van der Waals surface area contributed by atoms with E-state index < -0.39 is 0 Å². The number of nitrogens with zero attached hydrogens (tertiary/aromatic N) is 3. The van der Waals surface area contributed by atoms with Gasteiger partial charge in [0.25, 0.3) is 5.91 Å². The fraction of sp³-hybridized carbons (Fsp3) is 0.261. The zero-order valence-corrected chi connectivity index (χ0v) is 17.9. The second kappa shape index (κ2) is 9.22. The average Bonchev–Trinajstić information content (AvgIpc) is 3.29. The molecule has 4 rings (SSSR count). The summed E-state index contributed by atoms with van der Waals surface area (Å²) in [5.74, 6) is 0.231. The lowest BCUT2D eigenvalue weighted by Crippen LogP contribution is -2.42. The number of piperidine rings is 1. The van der Waals surface area contributed by atoms with Gasteiger partial charge in [-0.3, -0.25) is 14.6 Å². The molecule has 31 heavy (non-hydrogen) atoms. The Morgan fingerprint density at radius 1 is 1.16 bits per heavy atom. The monoisotopic (exact) mass is 438 g/mol. The number of hydrogen-bond donors (Lipinski definition) is 1. The molecule has 0 spiro atoms. The molecule has 7 nitrogen and oxygen atoms in total. The molecule has 1 aromatic carbocycles. The zero-order chi connectivity index (χ0) is 21.8. The zero-order valence-electron chi connectivity index (χ0n) is 17.1. The third kappa shape index (κ3) is 4.56. The Morgan fingerprint density at radius 2 is 1.97 bits per heavy atom. The Hall–Kier alpha value is -3.32. The predicted molar refractivity (Wildman–Crippen MR) is 119 cm³/mol. The highest BCUT2D eigenvalue weighted by Gasteiger charge is 2.29. The molecule has 1 N–H and O–H groups in total. The van der Waals surface area contributed by atoms with Gasteiger partial charge in [-0.2, -0.15) is 0 Å². The molecule has 0 saturated carbocycles. The third-order valence-electron chi connectivity index (χ3n) is 5.46. The second-order valence-corrected chi connectivity index (χ2v) is 7.81. The number of pyridine rings is 1. The summed E-state index contributed by atoms with van der Waals surface area (Å²) < 4.78 is 7.13. The first kappa shape index (κ1) is 20.9. The highest BCUT2D eigenvalue weighted by Crippen LogP contribution is 2.29. The normalized spacial score (nSPS) is 14.3. The van der Waals surface area contributed by atoms with Crippen molar-refractivity contribution >= 4 is 29.1 Å². The van der Waals surface area contributed by atoms with E-state index in [-0.39, 0.29) is 17.7 Å². The van der Waals surface area contributed by atoms with Gasteiger partial charge in [-0.25, -0.2) is 0 Å². The van der Waals surface area contributed by atoms with Gasteiger partial charge in [0.15, 0.2) is 0 Å². The van der Waals surface area contributed by atoms with Crippen molar-refractivity contribution in [2.45, 2.75) is 12.8 Å². The smallest absolute Gasteiger partial charge is 0.270 e. The van der Waals surface area contributed by atoms with Gasteiger partial charge in [-0.15, -0.1) is 0 Å². The maximum Gasteiger partial charge on any atom is 0.270 e. The van der Waals surface area contributed by atoms with Gasteiger partial charge in [0, 0.05) is 36.4 Å². The lowest BCUT2D eigenvalue weighted by atomic mass is 9.95. The number of nitrogens with one attached hydrogen (secondary N) is 1. The number of methoxy groups -OCH3 is 1. The van der Waals surface area contributed by atoms with Gasteiger partial charge in [0.2, 0.25) is 5.91 Å². The molecule has 1 saturated heterocycles. The molecule has 0 aliphatic carbocycles. The molecule has 0 radical (unpaired) electrons. The van der Waals surface area contributed by atoms with Gasteiger partial charge in [0.05, 0.1) is 24.7 Å². The van der Waals surface area contributed by atoms with Crippen LogP contribution in [-0.4, -0.2) is 46.5 Å². The summed E-state index contributed by atoms with van der Waals surface area (Å²) in [5, 5.41) is 3.43. The second-order valence-electron chi connectivity index (χ2n) is 7.37. The Bertz CT molecular complexity index is 1080. The van der Waals surface area contributed by atoms with Crippen LogP contribution in [0.4, 0.5) is 5.69 Å². The highest BCUT2D eigenvalue weighted by atomic mass is 35.5. The minimum atomic E-state index is -0.183. The Balaban J connectivity index is 1.39. The Labute approximate surface area is 185 Å². The van der Waals surface area contributed by atoms with Crippen molar-refractivity contribution in [3.05, 3.63) is 71.8 Å². The third-order valence-corrected chi connectivity index (χ3v) is 5.70. The summed E-state index contributed by atoms with van der Waals surface area (Å²) in [5.41, 5.74) is 1.97. The molecule has 1 aliphatic rings. The lowest BCUT2D eigenvalue weighted by molar-refractivity contribution is -0.121. The van der Waals surface area contributed by atoms with Gasteiger partial charge in [-0.05, 0) is 55.3 Å². The van der Waals surface area contributed by atoms with Crippen molar-refractivity contribution in [3.63, 3.8) is 0 Å². The van der Waals surface area contributed by atoms with Crippen LogP contribution in [0.25, 0.3) is 5.69 Å². The molecule has 3 heterocycles. The number of amides is 2. The number of anilines is 1. The largest absolute Gasteiger partial charge is 0.495 e. The molecule has 8 heteroatoms. The van der Waals surface area contributed by atoms with Crippen molar-refractivity contribution in [2.24, 2.45) is 5.92 Å². The topological polar surface area (TPSA) is 76.5 Å². The molecular weight excluding hydrogens is 416 g/mol. The van der Waals surface area contributed by atoms with E-state index in [0.29, 0.717) is 48.1 Å². The van der Waals surface area contributed by atoms with E-state index in [1.807, 2.05) is 29.0 Å². The van der Waals surface area contributed by atoms with E-state index in [2.05, 4.69) is 10.3 Å². The highest BCUT2D eigenvalue weighted by molar-refractivity contribution is 6.31. The number of aromatic nitrogens is 2. The van der Waals surface area contributed by atoms with Crippen LogP contribution in [0, 0.1) is 5.92 Å². The number of hydrogen-bond acceptors (Lipinski definition) is 4. The van der Waals surface area contributed by atoms with Crippen LogP contribution in [0.2, 0.25) is 5.02 Å². The summed E-state index contributed by atoms with van der Waals surface area (Å²) in [6.45, 7) is 1.03. The number of halogens is 1. The summed E-state index contributed by atoms with van der Waals surface area (Å²) >= 11 is 6.05. The van der Waals surface area contributed by atoms with Gasteiger partial charge < -0.3 is 19.5 Å². The summed E-state index contributed by atoms with van der Waals surface area (Å²) in [6, 6.07) is 12.5. The summed E-state index contributed by atoms with van der Waals surface area (Å²) in [4.78, 5) is 31.8. The Kier molecular flexibility index (Phi) is 6.23. The van der Waals surface area contributed by atoms with E-state index in [1.165, 1.54) is 0 Å². The molecule has 0 bridgehead atoms. The minimum absolute atomic E-state index is 0.0516. The van der Waals surface area contributed by atoms with Crippen LogP contribution in [0.3, 0.4) is 0 Å². The number of likely N-dealkylation sites (tertiary alicyclic amines) is 1.